The molecular weight excluding hydrogens is 236 g/mol. The molecule has 3 rings (SSSR count). The molecule has 17 heavy (non-hydrogen) atoms. The van der Waals surface area contributed by atoms with Crippen LogP contribution < -0.4 is 10.3 Å². The van der Waals surface area contributed by atoms with Gasteiger partial charge in [-0.1, -0.05) is 17.7 Å². The quantitative estimate of drug-likeness (QED) is 0.599. The molecule has 0 bridgehead atoms. The average Bonchev–Trinajstić information content (AvgIpc) is 2.27. The highest BCUT2D eigenvalue weighted by molar-refractivity contribution is 7.71. The Hall–Kier alpha value is -1.88. The molecule has 4 nitrogen and oxygen atoms in total. The lowest BCUT2D eigenvalue weighted by Gasteiger charge is -2.19. The first kappa shape index (κ1) is 10.3. The smallest absolute Gasteiger partial charge is 0.259 e. The molecule has 0 unspecified atom stereocenters. The Bertz CT molecular complexity index is 715. The van der Waals surface area contributed by atoms with E-state index in [0.29, 0.717) is 17.9 Å². The van der Waals surface area contributed by atoms with Gasteiger partial charge in [-0.3, -0.25) is 9.78 Å². The van der Waals surface area contributed by atoms with Crippen molar-refractivity contribution in [2.24, 2.45) is 0 Å². The Morgan fingerprint density at radius 2 is 2.18 bits per heavy atom. The number of rotatable bonds is 0. The number of fused-ring (bicyclic) bond motifs is 2. The van der Waals surface area contributed by atoms with Crippen molar-refractivity contribution < 1.29 is 4.74 Å². The van der Waals surface area contributed by atoms with Gasteiger partial charge in [-0.15, -0.1) is 0 Å². The predicted molar refractivity (Wildman–Crippen MR) is 66.3 cm³/mol. The standard InChI is InChI=1S/C12H10N2O2S/c1-6-2-3-9-7(4-6)5-8-10(15)13-12(17)14-11(8)16-9/h2-4H,5H2,1H3,(H2,13,14,15,17). The normalized spacial score (nSPS) is 12.5. The van der Waals surface area contributed by atoms with E-state index in [2.05, 4.69) is 9.97 Å². The largest absolute Gasteiger partial charge is 0.440 e. The summed E-state index contributed by atoms with van der Waals surface area (Å²) in [6, 6.07) is 5.91. The van der Waals surface area contributed by atoms with E-state index in [4.69, 9.17) is 17.0 Å². The second-order valence-corrected chi connectivity index (χ2v) is 4.51. The van der Waals surface area contributed by atoms with Crippen LogP contribution in [-0.4, -0.2) is 9.97 Å². The zero-order valence-corrected chi connectivity index (χ0v) is 9.98. The number of H-pyrrole nitrogens is 2. The molecule has 0 aliphatic carbocycles. The minimum atomic E-state index is -0.184. The number of nitrogens with one attached hydrogen (secondary N) is 2. The van der Waals surface area contributed by atoms with Gasteiger partial charge < -0.3 is 9.72 Å². The van der Waals surface area contributed by atoms with E-state index in [1.165, 1.54) is 0 Å². The van der Waals surface area contributed by atoms with E-state index in [1.54, 1.807) is 0 Å². The molecule has 0 radical (unpaired) electrons. The summed E-state index contributed by atoms with van der Waals surface area (Å²) in [6.45, 7) is 2.01. The Balaban J connectivity index is 2.20. The van der Waals surface area contributed by atoms with Crippen LogP contribution in [0.4, 0.5) is 0 Å². The molecule has 1 aliphatic rings. The first-order valence-corrected chi connectivity index (χ1v) is 5.67. The lowest BCUT2D eigenvalue weighted by atomic mass is 10.0. The molecule has 2 aromatic rings. The number of benzene rings is 1. The van der Waals surface area contributed by atoms with Gasteiger partial charge in [0.05, 0.1) is 5.56 Å². The number of hydrogen-bond donors (Lipinski definition) is 2. The number of aryl methyl sites for hydroxylation is 1. The fourth-order valence-corrected chi connectivity index (χ4v) is 2.17. The summed E-state index contributed by atoms with van der Waals surface area (Å²) in [4.78, 5) is 17.2. The van der Waals surface area contributed by atoms with Crippen LogP contribution in [0.25, 0.3) is 0 Å². The van der Waals surface area contributed by atoms with Crippen molar-refractivity contribution in [3.05, 3.63) is 50.0 Å². The van der Waals surface area contributed by atoms with Gasteiger partial charge in [0.15, 0.2) is 4.77 Å². The molecule has 1 aromatic heterocycles. The highest BCUT2D eigenvalue weighted by Crippen LogP contribution is 2.33. The highest BCUT2D eigenvalue weighted by Gasteiger charge is 2.20. The van der Waals surface area contributed by atoms with Crippen LogP contribution in [-0.2, 0) is 6.42 Å². The van der Waals surface area contributed by atoms with Crippen LogP contribution in [0.1, 0.15) is 16.7 Å². The molecule has 1 aliphatic heterocycles. The van der Waals surface area contributed by atoms with Gasteiger partial charge in [-0.25, -0.2) is 0 Å². The predicted octanol–water partition coefficient (Wildman–Crippen LogP) is 2.44. The zero-order chi connectivity index (χ0) is 12.0. The maximum atomic E-state index is 11.8. The number of ether oxygens (including phenoxy) is 1. The fourth-order valence-electron chi connectivity index (χ4n) is 1.99. The summed E-state index contributed by atoms with van der Waals surface area (Å²) in [5, 5.41) is 0. The monoisotopic (exact) mass is 246 g/mol. The minimum absolute atomic E-state index is 0.184. The Kier molecular flexibility index (Phi) is 2.16. The molecule has 0 amide bonds. The molecule has 2 heterocycles. The van der Waals surface area contributed by atoms with Crippen LogP contribution in [0.2, 0.25) is 0 Å². The molecule has 1 aromatic carbocycles. The van der Waals surface area contributed by atoms with Crippen molar-refractivity contribution in [2.45, 2.75) is 13.3 Å². The third kappa shape index (κ3) is 1.68. The van der Waals surface area contributed by atoms with E-state index >= 15 is 0 Å². The third-order valence-corrected chi connectivity index (χ3v) is 3.00. The van der Waals surface area contributed by atoms with Gasteiger partial charge >= 0.3 is 0 Å². The second-order valence-electron chi connectivity index (χ2n) is 4.11. The number of aromatic amines is 2. The van der Waals surface area contributed by atoms with Crippen LogP contribution in [0.5, 0.6) is 11.6 Å². The van der Waals surface area contributed by atoms with Gasteiger partial charge in [0.1, 0.15) is 5.75 Å². The van der Waals surface area contributed by atoms with Crippen molar-refractivity contribution in [3.8, 4) is 11.6 Å². The lowest BCUT2D eigenvalue weighted by Crippen LogP contribution is -2.19. The van der Waals surface area contributed by atoms with Crippen LogP contribution >= 0.6 is 12.2 Å². The minimum Gasteiger partial charge on any atom is -0.440 e. The molecular formula is C12H10N2O2S. The Morgan fingerprint density at radius 3 is 3.00 bits per heavy atom. The van der Waals surface area contributed by atoms with Crippen molar-refractivity contribution in [3.63, 3.8) is 0 Å². The van der Waals surface area contributed by atoms with Gasteiger partial charge in [0.2, 0.25) is 5.88 Å². The van der Waals surface area contributed by atoms with E-state index in [-0.39, 0.29) is 10.3 Å². The average molecular weight is 246 g/mol. The SMILES string of the molecule is Cc1ccc2c(c1)Cc1c([nH]c(=S)[nH]c1=O)O2. The van der Waals surface area contributed by atoms with E-state index in [0.717, 1.165) is 16.9 Å². The lowest BCUT2D eigenvalue weighted by molar-refractivity contribution is 0.436. The van der Waals surface area contributed by atoms with Crippen molar-refractivity contribution in [1.82, 2.24) is 9.97 Å². The Labute approximate surface area is 102 Å². The first-order valence-electron chi connectivity index (χ1n) is 5.26. The highest BCUT2D eigenvalue weighted by atomic mass is 32.1. The molecule has 2 N–H and O–H groups in total. The molecule has 86 valence electrons. The van der Waals surface area contributed by atoms with Crippen LogP contribution in [0.15, 0.2) is 23.0 Å². The number of aromatic nitrogens is 2. The van der Waals surface area contributed by atoms with Crippen molar-refractivity contribution in [1.29, 1.82) is 0 Å². The maximum Gasteiger partial charge on any atom is 0.259 e. The zero-order valence-electron chi connectivity index (χ0n) is 9.16. The first-order chi connectivity index (χ1) is 8.13. The van der Waals surface area contributed by atoms with E-state index in [9.17, 15) is 4.79 Å². The molecule has 0 fully saturated rings. The molecule has 0 atom stereocenters. The van der Waals surface area contributed by atoms with Crippen LogP contribution in [0.3, 0.4) is 0 Å². The number of hydrogen-bond acceptors (Lipinski definition) is 3. The van der Waals surface area contributed by atoms with Crippen LogP contribution in [0, 0.1) is 11.7 Å². The van der Waals surface area contributed by atoms with Gasteiger partial charge in [0.25, 0.3) is 5.56 Å². The Morgan fingerprint density at radius 1 is 1.35 bits per heavy atom. The second kappa shape index (κ2) is 3.56. The topological polar surface area (TPSA) is 57.9 Å². The summed E-state index contributed by atoms with van der Waals surface area (Å²) in [7, 11) is 0. The van der Waals surface area contributed by atoms with E-state index < -0.39 is 0 Å². The molecule has 0 saturated heterocycles. The summed E-state index contributed by atoms with van der Waals surface area (Å²) in [5.74, 6) is 1.23. The maximum absolute atomic E-state index is 11.8. The summed E-state index contributed by atoms with van der Waals surface area (Å²) in [5.41, 5.74) is 2.58. The summed E-state index contributed by atoms with van der Waals surface area (Å²) in [6.07, 6.45) is 0.563. The van der Waals surface area contributed by atoms with E-state index in [1.807, 2.05) is 25.1 Å². The van der Waals surface area contributed by atoms with Gasteiger partial charge in [0, 0.05) is 6.42 Å². The molecule has 5 heteroatoms. The van der Waals surface area contributed by atoms with Crippen molar-refractivity contribution in [2.75, 3.05) is 0 Å². The summed E-state index contributed by atoms with van der Waals surface area (Å²) < 4.78 is 5.93. The third-order valence-electron chi connectivity index (χ3n) is 2.80. The van der Waals surface area contributed by atoms with Gasteiger partial charge in [-0.05, 0) is 30.8 Å². The van der Waals surface area contributed by atoms with Crippen molar-refractivity contribution >= 4 is 12.2 Å². The summed E-state index contributed by atoms with van der Waals surface area (Å²) >= 11 is 4.91. The molecule has 0 spiro atoms. The fraction of sp³-hybridized carbons (Fsp3) is 0.167. The van der Waals surface area contributed by atoms with Gasteiger partial charge in [-0.2, -0.15) is 0 Å². The molecule has 0 saturated carbocycles.